The van der Waals surface area contributed by atoms with Gasteiger partial charge in [0.05, 0.1) is 6.10 Å². The van der Waals surface area contributed by atoms with Gasteiger partial charge in [0, 0.05) is 18.8 Å². The zero-order valence-corrected chi connectivity index (χ0v) is 10.2. The maximum absolute atomic E-state index is 12.7. The minimum absolute atomic E-state index is 0.269. The van der Waals surface area contributed by atoms with Gasteiger partial charge in [0.25, 0.3) is 0 Å². The highest BCUT2D eigenvalue weighted by Gasteiger charge is 2.19. The fraction of sp³-hybridized carbons (Fsp3) is 0.417. The molecule has 17 heavy (non-hydrogen) atoms. The first-order valence-corrected chi connectivity index (χ1v) is 6.05. The van der Waals surface area contributed by atoms with Gasteiger partial charge >= 0.3 is 0 Å². The van der Waals surface area contributed by atoms with Crippen molar-refractivity contribution in [3.8, 4) is 0 Å². The lowest BCUT2D eigenvalue weighted by Crippen LogP contribution is -2.44. The maximum Gasteiger partial charge on any atom is 0.173 e. The highest BCUT2D eigenvalue weighted by molar-refractivity contribution is 7.80. The third-order valence-electron chi connectivity index (χ3n) is 2.78. The molecular weight excluding hydrogens is 239 g/mol. The van der Waals surface area contributed by atoms with Crippen LogP contribution in [0.5, 0.6) is 0 Å². The molecule has 1 aliphatic rings. The van der Waals surface area contributed by atoms with Crippen molar-refractivity contribution in [2.45, 2.75) is 18.9 Å². The number of β-amino-alcohol motifs (C(OH)–C–C–N with tert-alkyl or cyclic N) is 1. The number of piperidine rings is 1. The Kier molecular flexibility index (Phi) is 3.91. The molecule has 1 aromatic carbocycles. The highest BCUT2D eigenvalue weighted by atomic mass is 32.1. The number of hydrogen-bond donors (Lipinski definition) is 2. The SMILES string of the molecule is O[C@H]1CCCN(C(=S)Nc2ccc(F)cc2)C1. The molecule has 1 atom stereocenters. The van der Waals surface area contributed by atoms with Gasteiger partial charge in [0.1, 0.15) is 5.82 Å². The molecule has 1 saturated heterocycles. The smallest absolute Gasteiger partial charge is 0.173 e. The highest BCUT2D eigenvalue weighted by Crippen LogP contribution is 2.13. The summed E-state index contributed by atoms with van der Waals surface area (Å²) in [5.41, 5.74) is 0.761. The van der Waals surface area contributed by atoms with E-state index in [1.54, 1.807) is 12.1 Å². The first-order chi connectivity index (χ1) is 8.15. The Balaban J connectivity index is 1.94. The van der Waals surface area contributed by atoms with Gasteiger partial charge in [-0.2, -0.15) is 0 Å². The summed E-state index contributed by atoms with van der Waals surface area (Å²) >= 11 is 5.25. The van der Waals surface area contributed by atoms with E-state index in [-0.39, 0.29) is 11.9 Å². The lowest BCUT2D eigenvalue weighted by Gasteiger charge is -2.32. The van der Waals surface area contributed by atoms with E-state index < -0.39 is 0 Å². The van der Waals surface area contributed by atoms with Crippen LogP contribution < -0.4 is 5.32 Å². The summed E-state index contributed by atoms with van der Waals surface area (Å²) in [5, 5.41) is 13.2. The third kappa shape index (κ3) is 3.38. The zero-order valence-electron chi connectivity index (χ0n) is 9.40. The molecule has 0 bridgehead atoms. The molecule has 1 aliphatic heterocycles. The molecule has 0 aliphatic carbocycles. The van der Waals surface area contributed by atoms with Crippen LogP contribution in [0.25, 0.3) is 0 Å². The van der Waals surface area contributed by atoms with Gasteiger partial charge in [-0.1, -0.05) is 0 Å². The molecule has 92 valence electrons. The molecule has 1 aromatic rings. The number of nitrogens with one attached hydrogen (secondary N) is 1. The fourth-order valence-corrected chi connectivity index (χ4v) is 2.16. The summed E-state index contributed by atoms with van der Waals surface area (Å²) in [7, 11) is 0. The van der Waals surface area contributed by atoms with Gasteiger partial charge in [-0.3, -0.25) is 0 Å². The van der Waals surface area contributed by atoms with Gasteiger partial charge in [-0.05, 0) is 49.3 Å². The first-order valence-electron chi connectivity index (χ1n) is 5.65. The Morgan fingerprint density at radius 3 is 2.76 bits per heavy atom. The van der Waals surface area contributed by atoms with Crippen LogP contribution in [0.2, 0.25) is 0 Å². The van der Waals surface area contributed by atoms with E-state index in [0.29, 0.717) is 11.7 Å². The average Bonchev–Trinajstić information content (AvgIpc) is 2.32. The number of benzene rings is 1. The summed E-state index contributed by atoms with van der Waals surface area (Å²) in [4.78, 5) is 1.94. The summed E-state index contributed by atoms with van der Waals surface area (Å²) < 4.78 is 12.7. The van der Waals surface area contributed by atoms with Crippen LogP contribution in [0.15, 0.2) is 24.3 Å². The van der Waals surface area contributed by atoms with E-state index in [1.165, 1.54) is 12.1 Å². The molecule has 0 unspecified atom stereocenters. The van der Waals surface area contributed by atoms with Crippen LogP contribution in [0.3, 0.4) is 0 Å². The number of nitrogens with zero attached hydrogens (tertiary/aromatic N) is 1. The summed E-state index contributed by atoms with van der Waals surface area (Å²) in [6.45, 7) is 1.41. The number of anilines is 1. The van der Waals surface area contributed by atoms with Gasteiger partial charge in [-0.15, -0.1) is 0 Å². The summed E-state index contributed by atoms with van der Waals surface area (Å²) in [6.07, 6.45) is 1.46. The van der Waals surface area contributed by atoms with E-state index in [0.717, 1.165) is 25.1 Å². The Morgan fingerprint density at radius 2 is 2.12 bits per heavy atom. The summed E-state index contributed by atoms with van der Waals surface area (Å²) in [6, 6.07) is 6.05. The molecule has 0 aromatic heterocycles. The van der Waals surface area contributed by atoms with E-state index in [9.17, 15) is 9.50 Å². The number of likely N-dealkylation sites (tertiary alicyclic amines) is 1. The predicted molar refractivity (Wildman–Crippen MR) is 69.4 cm³/mol. The minimum Gasteiger partial charge on any atom is -0.391 e. The molecule has 5 heteroatoms. The lowest BCUT2D eigenvalue weighted by molar-refractivity contribution is 0.104. The van der Waals surface area contributed by atoms with E-state index >= 15 is 0 Å². The third-order valence-corrected chi connectivity index (χ3v) is 3.14. The van der Waals surface area contributed by atoms with Crippen LogP contribution in [0.1, 0.15) is 12.8 Å². The van der Waals surface area contributed by atoms with Crippen LogP contribution in [-0.4, -0.2) is 34.3 Å². The van der Waals surface area contributed by atoms with E-state index in [4.69, 9.17) is 12.2 Å². The van der Waals surface area contributed by atoms with Crippen molar-refractivity contribution in [3.05, 3.63) is 30.1 Å². The first kappa shape index (κ1) is 12.3. The minimum atomic E-state index is -0.309. The molecule has 1 fully saturated rings. The number of aliphatic hydroxyl groups excluding tert-OH is 1. The van der Waals surface area contributed by atoms with Crippen molar-refractivity contribution in [1.29, 1.82) is 0 Å². The second-order valence-electron chi connectivity index (χ2n) is 4.18. The van der Waals surface area contributed by atoms with Crippen molar-refractivity contribution >= 4 is 23.0 Å². The second-order valence-corrected chi connectivity index (χ2v) is 4.57. The van der Waals surface area contributed by atoms with Crippen molar-refractivity contribution in [1.82, 2.24) is 4.90 Å². The van der Waals surface area contributed by atoms with Crippen molar-refractivity contribution < 1.29 is 9.50 Å². The molecule has 2 rings (SSSR count). The molecular formula is C12H15FN2OS. The second kappa shape index (κ2) is 5.42. The lowest BCUT2D eigenvalue weighted by atomic mass is 10.1. The maximum atomic E-state index is 12.7. The normalized spacial score (nSPS) is 20.1. The molecule has 0 amide bonds. The van der Waals surface area contributed by atoms with Crippen molar-refractivity contribution in [2.24, 2.45) is 0 Å². The number of rotatable bonds is 1. The Labute approximate surface area is 105 Å². The molecule has 3 nitrogen and oxygen atoms in total. The van der Waals surface area contributed by atoms with Gasteiger partial charge < -0.3 is 15.3 Å². The topological polar surface area (TPSA) is 35.5 Å². The summed E-state index contributed by atoms with van der Waals surface area (Å²) in [5.74, 6) is -0.269. The molecule has 2 N–H and O–H groups in total. The number of halogens is 1. The largest absolute Gasteiger partial charge is 0.391 e. The molecule has 0 radical (unpaired) electrons. The van der Waals surface area contributed by atoms with E-state index in [2.05, 4.69) is 5.32 Å². The Morgan fingerprint density at radius 1 is 1.41 bits per heavy atom. The zero-order chi connectivity index (χ0) is 12.3. The quantitative estimate of drug-likeness (QED) is 0.751. The fourth-order valence-electron chi connectivity index (χ4n) is 1.87. The van der Waals surface area contributed by atoms with E-state index in [1.807, 2.05) is 4.90 Å². The van der Waals surface area contributed by atoms with Crippen LogP contribution in [0.4, 0.5) is 10.1 Å². The number of hydrogen-bond acceptors (Lipinski definition) is 2. The van der Waals surface area contributed by atoms with Crippen molar-refractivity contribution in [3.63, 3.8) is 0 Å². The molecule has 1 heterocycles. The van der Waals surface area contributed by atoms with Crippen LogP contribution >= 0.6 is 12.2 Å². The predicted octanol–water partition coefficient (Wildman–Crippen LogP) is 1.98. The van der Waals surface area contributed by atoms with Gasteiger partial charge in [0.2, 0.25) is 0 Å². The van der Waals surface area contributed by atoms with Gasteiger partial charge in [-0.25, -0.2) is 4.39 Å². The molecule has 0 spiro atoms. The monoisotopic (exact) mass is 254 g/mol. The number of aliphatic hydroxyl groups is 1. The van der Waals surface area contributed by atoms with Crippen LogP contribution in [-0.2, 0) is 0 Å². The van der Waals surface area contributed by atoms with Crippen LogP contribution in [0, 0.1) is 5.82 Å². The van der Waals surface area contributed by atoms with Gasteiger partial charge in [0.15, 0.2) is 5.11 Å². The van der Waals surface area contributed by atoms with Crippen molar-refractivity contribution in [2.75, 3.05) is 18.4 Å². The average molecular weight is 254 g/mol. The molecule has 0 saturated carbocycles. The Hall–Kier alpha value is -1.20. The number of thiocarbonyl (C=S) groups is 1. The Bertz CT molecular complexity index is 396. The standard InChI is InChI=1S/C12H15FN2OS/c13-9-3-5-10(6-4-9)14-12(17)15-7-1-2-11(16)8-15/h3-6,11,16H,1-2,7-8H2,(H,14,17)/t11-/m0/s1.